The van der Waals surface area contributed by atoms with E-state index >= 15 is 0 Å². The summed E-state index contributed by atoms with van der Waals surface area (Å²) in [5, 5.41) is 7.47. The summed E-state index contributed by atoms with van der Waals surface area (Å²) in [5.41, 5.74) is 2.85. The molecule has 1 amide bonds. The molecular formula is C18H24N4O. The molecule has 122 valence electrons. The van der Waals surface area contributed by atoms with Gasteiger partial charge in [-0.05, 0) is 37.2 Å². The summed E-state index contributed by atoms with van der Waals surface area (Å²) in [5.74, 6) is 0.518. The molecule has 3 rings (SSSR count). The summed E-state index contributed by atoms with van der Waals surface area (Å²) in [6, 6.07) is 1.84. The maximum absolute atomic E-state index is 12.4. The second kappa shape index (κ2) is 6.14. The van der Waals surface area contributed by atoms with Gasteiger partial charge < -0.3 is 5.32 Å². The fourth-order valence-corrected chi connectivity index (χ4v) is 3.15. The number of nitrogens with zero attached hydrogens (tertiary/aromatic N) is 3. The Morgan fingerprint density at radius 1 is 1.26 bits per heavy atom. The molecule has 2 aromatic heterocycles. The highest BCUT2D eigenvalue weighted by molar-refractivity contribution is 6.00. The van der Waals surface area contributed by atoms with Crippen molar-refractivity contribution < 1.29 is 4.79 Å². The highest BCUT2D eigenvalue weighted by atomic mass is 16.1. The van der Waals surface area contributed by atoms with Crippen LogP contribution in [0.3, 0.4) is 0 Å². The van der Waals surface area contributed by atoms with Gasteiger partial charge in [-0.1, -0.05) is 32.8 Å². The van der Waals surface area contributed by atoms with E-state index in [-0.39, 0.29) is 11.3 Å². The Hall–Kier alpha value is -2.17. The molecule has 23 heavy (non-hydrogen) atoms. The zero-order valence-electron chi connectivity index (χ0n) is 14.1. The highest BCUT2D eigenvalue weighted by Gasteiger charge is 2.26. The first-order chi connectivity index (χ1) is 10.9. The van der Waals surface area contributed by atoms with Crippen molar-refractivity contribution in [2.24, 2.45) is 0 Å². The predicted octanol–water partition coefficient (Wildman–Crippen LogP) is 3.86. The van der Waals surface area contributed by atoms with Crippen LogP contribution in [0.1, 0.15) is 58.4 Å². The molecule has 1 fully saturated rings. The topological polar surface area (TPSA) is 59.3 Å². The van der Waals surface area contributed by atoms with Gasteiger partial charge in [0.15, 0.2) is 11.5 Å². The fraction of sp³-hybridized carbons (Fsp3) is 0.500. The van der Waals surface area contributed by atoms with E-state index in [1.807, 2.05) is 12.3 Å². The maximum Gasteiger partial charge on any atom is 0.249 e. The molecule has 0 bridgehead atoms. The second-order valence-electron chi connectivity index (χ2n) is 7.21. The molecule has 0 saturated heterocycles. The van der Waals surface area contributed by atoms with Gasteiger partial charge in [-0.25, -0.2) is 9.50 Å². The summed E-state index contributed by atoms with van der Waals surface area (Å²) in [7, 11) is 0. The van der Waals surface area contributed by atoms with Crippen LogP contribution < -0.4 is 5.32 Å². The summed E-state index contributed by atoms with van der Waals surface area (Å²) >= 11 is 0. The number of nitrogens with one attached hydrogen (secondary N) is 1. The maximum atomic E-state index is 12.4. The number of hydrogen-bond acceptors (Lipinski definition) is 3. The van der Waals surface area contributed by atoms with E-state index in [4.69, 9.17) is 0 Å². The molecule has 0 unspecified atom stereocenters. The van der Waals surface area contributed by atoms with Crippen LogP contribution in [-0.2, 0) is 10.2 Å². The molecule has 5 nitrogen and oxygen atoms in total. The van der Waals surface area contributed by atoms with Gasteiger partial charge in [-0.15, -0.1) is 5.10 Å². The minimum Gasteiger partial charge on any atom is -0.305 e. The molecule has 0 spiro atoms. The number of carbonyl (C=O) groups is 1. The third-order valence-electron chi connectivity index (χ3n) is 4.22. The van der Waals surface area contributed by atoms with Gasteiger partial charge in [0.1, 0.15) is 0 Å². The van der Waals surface area contributed by atoms with Crippen LogP contribution in [0, 0.1) is 0 Å². The van der Waals surface area contributed by atoms with E-state index in [0.29, 0.717) is 5.82 Å². The Morgan fingerprint density at radius 2 is 2.00 bits per heavy atom. The van der Waals surface area contributed by atoms with Crippen LogP contribution in [0.25, 0.3) is 5.65 Å². The van der Waals surface area contributed by atoms with Crippen LogP contribution in [0.4, 0.5) is 5.82 Å². The molecule has 0 aromatic carbocycles. The number of allylic oxidation sites excluding steroid dienone is 1. The molecule has 2 heterocycles. The molecule has 0 aliphatic heterocycles. The van der Waals surface area contributed by atoms with Gasteiger partial charge >= 0.3 is 0 Å². The minimum absolute atomic E-state index is 0.0872. The lowest BCUT2D eigenvalue weighted by Gasteiger charge is -2.18. The van der Waals surface area contributed by atoms with Crippen LogP contribution in [-0.4, -0.2) is 20.5 Å². The lowest BCUT2D eigenvalue weighted by atomic mass is 9.88. The monoisotopic (exact) mass is 312 g/mol. The van der Waals surface area contributed by atoms with Gasteiger partial charge in [-0.2, -0.15) is 0 Å². The largest absolute Gasteiger partial charge is 0.305 e. The number of rotatable bonds is 2. The Morgan fingerprint density at radius 3 is 2.70 bits per heavy atom. The van der Waals surface area contributed by atoms with Crippen LogP contribution in [0.5, 0.6) is 0 Å². The molecule has 1 aliphatic rings. The molecule has 0 atom stereocenters. The standard InChI is InChI=1S/C18H24N4O/c1-18(2,3)15-16(21-22-11-7-10-19-17(15)22)20-14(23)12-13-8-5-4-6-9-13/h7,10-12H,4-6,8-9H2,1-3H3,(H,20,21,23). The van der Waals surface area contributed by atoms with Crippen LogP contribution >= 0.6 is 0 Å². The first kappa shape index (κ1) is 15.7. The van der Waals surface area contributed by atoms with Crippen LogP contribution in [0.2, 0.25) is 0 Å². The normalized spacial score (nSPS) is 15.7. The van der Waals surface area contributed by atoms with Crippen molar-refractivity contribution in [1.29, 1.82) is 0 Å². The Balaban J connectivity index is 1.91. The Bertz CT molecular complexity index is 744. The first-order valence-electron chi connectivity index (χ1n) is 8.29. The van der Waals surface area contributed by atoms with Crippen molar-refractivity contribution in [3.8, 4) is 0 Å². The average molecular weight is 312 g/mol. The summed E-state index contributed by atoms with van der Waals surface area (Å²) in [6.07, 6.45) is 11.1. The van der Waals surface area contributed by atoms with Gasteiger partial charge in [-0.3, -0.25) is 4.79 Å². The number of anilines is 1. The molecule has 2 aromatic rings. The molecule has 5 heteroatoms. The lowest BCUT2D eigenvalue weighted by molar-refractivity contribution is -0.112. The Labute approximate surface area is 136 Å². The SMILES string of the molecule is CC(C)(C)c1c(NC(=O)C=C2CCCCC2)nn2cccnc12. The van der Waals surface area contributed by atoms with E-state index in [1.165, 1.54) is 24.8 Å². The van der Waals surface area contributed by atoms with E-state index in [2.05, 4.69) is 36.2 Å². The molecule has 1 aliphatic carbocycles. The third kappa shape index (κ3) is 3.44. The van der Waals surface area contributed by atoms with Crippen molar-refractivity contribution in [3.63, 3.8) is 0 Å². The first-order valence-corrected chi connectivity index (χ1v) is 8.29. The van der Waals surface area contributed by atoms with E-state index in [1.54, 1.807) is 16.8 Å². The van der Waals surface area contributed by atoms with E-state index in [0.717, 1.165) is 24.1 Å². The minimum atomic E-state index is -0.156. The zero-order chi connectivity index (χ0) is 16.4. The van der Waals surface area contributed by atoms with Crippen LogP contribution in [0.15, 0.2) is 30.1 Å². The van der Waals surface area contributed by atoms with Crippen molar-refractivity contribution >= 4 is 17.4 Å². The lowest BCUT2D eigenvalue weighted by Crippen LogP contribution is -2.17. The van der Waals surface area contributed by atoms with Crippen molar-refractivity contribution in [3.05, 3.63) is 35.7 Å². The molecule has 1 N–H and O–H groups in total. The third-order valence-corrected chi connectivity index (χ3v) is 4.22. The fourth-order valence-electron chi connectivity index (χ4n) is 3.15. The average Bonchev–Trinajstić information content (AvgIpc) is 2.85. The van der Waals surface area contributed by atoms with E-state index < -0.39 is 0 Å². The van der Waals surface area contributed by atoms with Crippen molar-refractivity contribution in [1.82, 2.24) is 14.6 Å². The summed E-state index contributed by atoms with van der Waals surface area (Å²) in [6.45, 7) is 6.32. The van der Waals surface area contributed by atoms with Gasteiger partial charge in [0.25, 0.3) is 0 Å². The number of carbonyl (C=O) groups excluding carboxylic acids is 1. The summed E-state index contributed by atoms with van der Waals surface area (Å²) < 4.78 is 1.73. The molecule has 0 radical (unpaired) electrons. The number of aromatic nitrogens is 3. The van der Waals surface area contributed by atoms with Gasteiger partial charge in [0.05, 0.1) is 0 Å². The second-order valence-corrected chi connectivity index (χ2v) is 7.21. The van der Waals surface area contributed by atoms with Crippen molar-refractivity contribution in [2.45, 2.75) is 58.3 Å². The van der Waals surface area contributed by atoms with Gasteiger partial charge in [0, 0.05) is 24.0 Å². The predicted molar refractivity (Wildman–Crippen MR) is 91.5 cm³/mol. The number of hydrogen-bond donors (Lipinski definition) is 1. The van der Waals surface area contributed by atoms with E-state index in [9.17, 15) is 4.79 Å². The number of amides is 1. The van der Waals surface area contributed by atoms with Crippen molar-refractivity contribution in [2.75, 3.05) is 5.32 Å². The quantitative estimate of drug-likeness (QED) is 0.857. The van der Waals surface area contributed by atoms with Gasteiger partial charge in [0.2, 0.25) is 5.91 Å². The Kier molecular flexibility index (Phi) is 4.20. The summed E-state index contributed by atoms with van der Waals surface area (Å²) in [4.78, 5) is 16.8. The highest BCUT2D eigenvalue weighted by Crippen LogP contribution is 2.32. The molecule has 1 saturated carbocycles. The molecular weight excluding hydrogens is 288 g/mol. The number of fused-ring (bicyclic) bond motifs is 1. The zero-order valence-corrected chi connectivity index (χ0v) is 14.1. The smallest absolute Gasteiger partial charge is 0.249 e.